The SMILES string of the molecule is C=C(C)CNC(=O)c1ccc(-n2nc(C(=O)OCC)cc2-c2ccc(CC)cc2)cc1. The first-order valence-corrected chi connectivity index (χ1v) is 10.3. The van der Waals surface area contributed by atoms with Crippen LogP contribution in [-0.2, 0) is 11.2 Å². The molecule has 0 aliphatic heterocycles. The predicted octanol–water partition coefficient (Wildman–Crippen LogP) is 4.58. The molecule has 3 aromatic rings. The summed E-state index contributed by atoms with van der Waals surface area (Å²) in [7, 11) is 0. The highest BCUT2D eigenvalue weighted by Crippen LogP contribution is 2.25. The van der Waals surface area contributed by atoms with Crippen molar-refractivity contribution in [2.75, 3.05) is 13.2 Å². The van der Waals surface area contributed by atoms with E-state index in [0.717, 1.165) is 28.9 Å². The predicted molar refractivity (Wildman–Crippen MR) is 121 cm³/mol. The maximum Gasteiger partial charge on any atom is 0.358 e. The summed E-state index contributed by atoms with van der Waals surface area (Å²) in [6.07, 6.45) is 0.947. The third kappa shape index (κ3) is 5.28. The Balaban J connectivity index is 1.97. The number of hydrogen-bond acceptors (Lipinski definition) is 4. The van der Waals surface area contributed by atoms with Crippen molar-refractivity contribution in [2.45, 2.75) is 27.2 Å². The summed E-state index contributed by atoms with van der Waals surface area (Å²) in [5.74, 6) is -0.638. The molecule has 1 N–H and O–H groups in total. The monoisotopic (exact) mass is 417 g/mol. The van der Waals surface area contributed by atoms with Crippen LogP contribution in [0.5, 0.6) is 0 Å². The largest absolute Gasteiger partial charge is 0.461 e. The molecule has 0 aliphatic carbocycles. The zero-order valence-electron chi connectivity index (χ0n) is 18.1. The Labute approximate surface area is 182 Å². The van der Waals surface area contributed by atoms with E-state index in [1.807, 2.05) is 31.2 Å². The number of carbonyl (C=O) groups is 2. The van der Waals surface area contributed by atoms with Crippen molar-refractivity contribution in [1.29, 1.82) is 0 Å². The summed E-state index contributed by atoms with van der Waals surface area (Å²) in [6, 6.07) is 17.0. The highest BCUT2D eigenvalue weighted by Gasteiger charge is 2.18. The van der Waals surface area contributed by atoms with Crippen molar-refractivity contribution < 1.29 is 14.3 Å². The average Bonchev–Trinajstić information content (AvgIpc) is 3.23. The lowest BCUT2D eigenvalue weighted by atomic mass is 10.1. The van der Waals surface area contributed by atoms with Gasteiger partial charge in [0.05, 0.1) is 18.0 Å². The van der Waals surface area contributed by atoms with Crippen LogP contribution in [0.1, 0.15) is 47.2 Å². The fourth-order valence-corrected chi connectivity index (χ4v) is 3.09. The first kappa shape index (κ1) is 22.0. The molecule has 3 rings (SSSR count). The number of benzene rings is 2. The van der Waals surface area contributed by atoms with Crippen molar-refractivity contribution in [3.05, 3.63) is 83.6 Å². The summed E-state index contributed by atoms with van der Waals surface area (Å²) in [4.78, 5) is 24.6. The molecule has 1 amide bonds. The lowest BCUT2D eigenvalue weighted by molar-refractivity contribution is 0.0519. The highest BCUT2D eigenvalue weighted by molar-refractivity contribution is 5.94. The second-order valence-electron chi connectivity index (χ2n) is 7.28. The molecule has 6 nitrogen and oxygen atoms in total. The van der Waals surface area contributed by atoms with E-state index in [4.69, 9.17) is 4.74 Å². The number of esters is 1. The van der Waals surface area contributed by atoms with Crippen molar-refractivity contribution in [2.24, 2.45) is 0 Å². The minimum absolute atomic E-state index is 0.169. The Morgan fingerprint density at radius 3 is 2.32 bits per heavy atom. The second-order valence-corrected chi connectivity index (χ2v) is 7.28. The highest BCUT2D eigenvalue weighted by atomic mass is 16.5. The Morgan fingerprint density at radius 1 is 1.06 bits per heavy atom. The summed E-state index contributed by atoms with van der Waals surface area (Å²) < 4.78 is 6.82. The first-order chi connectivity index (χ1) is 14.9. The van der Waals surface area contributed by atoms with Crippen LogP contribution in [0.4, 0.5) is 0 Å². The summed E-state index contributed by atoms with van der Waals surface area (Å²) in [5, 5.41) is 7.30. The van der Waals surface area contributed by atoms with E-state index in [2.05, 4.69) is 36.1 Å². The average molecular weight is 418 g/mol. The molecule has 0 unspecified atom stereocenters. The topological polar surface area (TPSA) is 73.2 Å². The molecule has 0 bridgehead atoms. The van der Waals surface area contributed by atoms with Gasteiger partial charge in [-0.15, -0.1) is 0 Å². The van der Waals surface area contributed by atoms with Gasteiger partial charge in [0.15, 0.2) is 5.69 Å². The number of nitrogens with one attached hydrogen (secondary N) is 1. The van der Waals surface area contributed by atoms with Gasteiger partial charge in [0.25, 0.3) is 5.91 Å². The van der Waals surface area contributed by atoms with Gasteiger partial charge in [-0.25, -0.2) is 9.48 Å². The van der Waals surface area contributed by atoms with Gasteiger partial charge < -0.3 is 10.1 Å². The second kappa shape index (κ2) is 9.89. The van der Waals surface area contributed by atoms with E-state index in [1.54, 1.807) is 29.8 Å². The molecule has 0 fully saturated rings. The van der Waals surface area contributed by atoms with Crippen molar-refractivity contribution in [3.63, 3.8) is 0 Å². The molecule has 0 aliphatic rings. The molecular formula is C25H27N3O3. The van der Waals surface area contributed by atoms with Crippen LogP contribution in [-0.4, -0.2) is 34.8 Å². The number of amides is 1. The molecule has 0 spiro atoms. The van der Waals surface area contributed by atoms with Gasteiger partial charge in [0, 0.05) is 17.7 Å². The molecule has 6 heteroatoms. The molecule has 0 saturated heterocycles. The molecule has 2 aromatic carbocycles. The van der Waals surface area contributed by atoms with Crippen LogP contribution in [0.25, 0.3) is 16.9 Å². The lowest BCUT2D eigenvalue weighted by Crippen LogP contribution is -2.24. The first-order valence-electron chi connectivity index (χ1n) is 10.3. The van der Waals surface area contributed by atoms with Gasteiger partial charge in [0.2, 0.25) is 0 Å². The molecule has 0 radical (unpaired) electrons. The number of nitrogens with zero attached hydrogens (tertiary/aromatic N) is 2. The normalized spacial score (nSPS) is 10.5. The zero-order chi connectivity index (χ0) is 22.4. The van der Waals surface area contributed by atoms with Gasteiger partial charge in [-0.2, -0.15) is 5.10 Å². The van der Waals surface area contributed by atoms with Gasteiger partial charge in [-0.1, -0.05) is 43.3 Å². The fourth-order valence-electron chi connectivity index (χ4n) is 3.09. The Morgan fingerprint density at radius 2 is 1.74 bits per heavy atom. The lowest BCUT2D eigenvalue weighted by Gasteiger charge is -2.10. The molecular weight excluding hydrogens is 390 g/mol. The number of aromatic nitrogens is 2. The Hall–Kier alpha value is -3.67. The number of aryl methyl sites for hydroxylation is 1. The summed E-state index contributed by atoms with van der Waals surface area (Å²) >= 11 is 0. The smallest absolute Gasteiger partial charge is 0.358 e. The maximum atomic E-state index is 12.3. The third-order valence-electron chi connectivity index (χ3n) is 4.78. The quantitative estimate of drug-likeness (QED) is 0.430. The van der Waals surface area contributed by atoms with E-state index in [0.29, 0.717) is 12.1 Å². The fraction of sp³-hybridized carbons (Fsp3) is 0.240. The number of carbonyl (C=O) groups excluding carboxylic acids is 2. The van der Waals surface area contributed by atoms with Gasteiger partial charge in [-0.3, -0.25) is 4.79 Å². The van der Waals surface area contributed by atoms with Gasteiger partial charge in [-0.05, 0) is 56.2 Å². The summed E-state index contributed by atoms with van der Waals surface area (Å²) in [5.41, 5.74) is 5.32. The minimum atomic E-state index is -0.469. The third-order valence-corrected chi connectivity index (χ3v) is 4.78. The van der Waals surface area contributed by atoms with E-state index in [9.17, 15) is 9.59 Å². The van der Waals surface area contributed by atoms with E-state index in [-0.39, 0.29) is 18.2 Å². The number of hydrogen-bond donors (Lipinski definition) is 1. The van der Waals surface area contributed by atoms with Crippen LogP contribution in [0, 0.1) is 0 Å². The molecule has 160 valence electrons. The van der Waals surface area contributed by atoms with E-state index < -0.39 is 5.97 Å². The van der Waals surface area contributed by atoms with Crippen molar-refractivity contribution in [3.8, 4) is 16.9 Å². The van der Waals surface area contributed by atoms with Crippen LogP contribution >= 0.6 is 0 Å². The molecule has 1 heterocycles. The number of ether oxygens (including phenoxy) is 1. The van der Waals surface area contributed by atoms with E-state index in [1.165, 1.54) is 5.56 Å². The zero-order valence-corrected chi connectivity index (χ0v) is 18.1. The van der Waals surface area contributed by atoms with E-state index >= 15 is 0 Å². The molecule has 0 saturated carbocycles. The van der Waals surface area contributed by atoms with Crippen LogP contribution in [0.2, 0.25) is 0 Å². The van der Waals surface area contributed by atoms with Gasteiger partial charge in [0.1, 0.15) is 0 Å². The van der Waals surface area contributed by atoms with Crippen LogP contribution in [0.3, 0.4) is 0 Å². The van der Waals surface area contributed by atoms with Gasteiger partial charge >= 0.3 is 5.97 Å². The molecule has 31 heavy (non-hydrogen) atoms. The number of rotatable bonds is 8. The minimum Gasteiger partial charge on any atom is -0.461 e. The molecule has 1 aromatic heterocycles. The molecule has 0 atom stereocenters. The van der Waals surface area contributed by atoms with Crippen molar-refractivity contribution in [1.82, 2.24) is 15.1 Å². The van der Waals surface area contributed by atoms with Crippen molar-refractivity contribution >= 4 is 11.9 Å². The Bertz CT molecular complexity index is 1080. The maximum absolute atomic E-state index is 12.3. The standard InChI is InChI=1S/C25H27N3O3/c1-5-18-7-9-19(10-8-18)23-15-22(25(30)31-6-2)27-28(23)21-13-11-20(12-14-21)24(29)26-16-17(3)4/h7-15H,3,5-6,16H2,1-2,4H3,(H,26,29). The summed E-state index contributed by atoms with van der Waals surface area (Å²) in [6.45, 7) is 10.2. The van der Waals surface area contributed by atoms with Crippen LogP contribution < -0.4 is 5.32 Å². The van der Waals surface area contributed by atoms with Crippen LogP contribution in [0.15, 0.2) is 66.7 Å². The Kier molecular flexibility index (Phi) is 7.03.